The summed E-state index contributed by atoms with van der Waals surface area (Å²) < 4.78 is 10.7. The lowest BCUT2D eigenvalue weighted by atomic mass is 10.1. The molecule has 0 aliphatic rings. The first kappa shape index (κ1) is 17.6. The molecule has 0 bridgehead atoms. The van der Waals surface area contributed by atoms with E-state index in [9.17, 15) is 4.79 Å². The monoisotopic (exact) mass is 259 g/mol. The van der Waals surface area contributed by atoms with Gasteiger partial charge >= 0.3 is 0 Å². The van der Waals surface area contributed by atoms with Gasteiger partial charge in [0.15, 0.2) is 5.78 Å². The minimum Gasteiger partial charge on any atom is -0.378 e. The van der Waals surface area contributed by atoms with Crippen LogP contribution in [0, 0.1) is 5.92 Å². The van der Waals surface area contributed by atoms with Crippen LogP contribution in [0.25, 0.3) is 0 Å². The van der Waals surface area contributed by atoms with E-state index in [0.29, 0.717) is 25.9 Å². The fourth-order valence-electron chi connectivity index (χ4n) is 1.28. The van der Waals surface area contributed by atoms with Crippen LogP contribution in [-0.2, 0) is 14.3 Å². The van der Waals surface area contributed by atoms with Crippen LogP contribution >= 0.6 is 0 Å². The largest absolute Gasteiger partial charge is 0.378 e. The molecule has 0 spiro atoms. The Hall–Kier alpha value is -0.450. The molecule has 0 aromatic carbocycles. The van der Waals surface area contributed by atoms with Crippen molar-refractivity contribution >= 4 is 5.78 Å². The molecule has 0 fully saturated rings. The van der Waals surface area contributed by atoms with Crippen LogP contribution in [0.2, 0.25) is 0 Å². The molecule has 4 nitrogen and oxygen atoms in total. The Balaban J connectivity index is 3.24. The Morgan fingerprint density at radius 2 is 1.72 bits per heavy atom. The van der Waals surface area contributed by atoms with Gasteiger partial charge in [0.1, 0.15) is 6.61 Å². The van der Waals surface area contributed by atoms with Crippen LogP contribution in [0.4, 0.5) is 0 Å². The normalized spacial score (nSPS) is 14.4. The molecule has 2 atom stereocenters. The third-order valence-electron chi connectivity index (χ3n) is 3.13. The predicted octanol–water partition coefficient (Wildman–Crippen LogP) is 2.02. The highest BCUT2D eigenvalue weighted by atomic mass is 16.5. The van der Waals surface area contributed by atoms with E-state index in [4.69, 9.17) is 9.47 Å². The summed E-state index contributed by atoms with van der Waals surface area (Å²) in [6.45, 7) is 11.1. The molecule has 0 aliphatic heterocycles. The van der Waals surface area contributed by atoms with Crippen LogP contribution < -0.4 is 5.32 Å². The molecule has 1 N–H and O–H groups in total. The molecule has 0 aromatic rings. The van der Waals surface area contributed by atoms with Crippen LogP contribution in [-0.4, -0.2) is 44.8 Å². The van der Waals surface area contributed by atoms with Crippen molar-refractivity contribution in [2.24, 2.45) is 5.92 Å². The smallest absolute Gasteiger partial charge is 0.161 e. The average Bonchev–Trinajstić information content (AvgIpc) is 2.39. The van der Waals surface area contributed by atoms with E-state index >= 15 is 0 Å². The average molecular weight is 259 g/mol. The number of nitrogens with one attached hydrogen (secondary N) is 1. The maximum Gasteiger partial charge on any atom is 0.161 e. The van der Waals surface area contributed by atoms with E-state index in [0.717, 1.165) is 19.4 Å². The second kappa shape index (κ2) is 11.6. The molecule has 108 valence electrons. The first-order valence-corrected chi connectivity index (χ1v) is 7.03. The summed E-state index contributed by atoms with van der Waals surface area (Å²) in [7, 11) is 0. The Morgan fingerprint density at radius 1 is 1.06 bits per heavy atom. The van der Waals surface area contributed by atoms with Crippen molar-refractivity contribution in [3.8, 4) is 0 Å². The van der Waals surface area contributed by atoms with Crippen LogP contribution in [0.1, 0.15) is 40.5 Å². The van der Waals surface area contributed by atoms with Crippen molar-refractivity contribution < 1.29 is 14.3 Å². The second-order valence-corrected chi connectivity index (χ2v) is 4.70. The van der Waals surface area contributed by atoms with Crippen LogP contribution in [0.5, 0.6) is 0 Å². The van der Waals surface area contributed by atoms with Crippen molar-refractivity contribution in [1.82, 2.24) is 5.32 Å². The molecule has 0 saturated carbocycles. The molecule has 0 aromatic heterocycles. The molecule has 4 heteroatoms. The van der Waals surface area contributed by atoms with Crippen molar-refractivity contribution in [1.29, 1.82) is 0 Å². The maximum atomic E-state index is 11.4. The van der Waals surface area contributed by atoms with Crippen molar-refractivity contribution in [2.45, 2.75) is 46.6 Å². The summed E-state index contributed by atoms with van der Waals surface area (Å²) in [5.74, 6) is 0.279. The van der Waals surface area contributed by atoms with Gasteiger partial charge in [-0.2, -0.15) is 0 Å². The number of hydrogen-bond acceptors (Lipinski definition) is 4. The standard InChI is InChI=1S/C14H29NO3/c1-5-12(3)14(16)11-18-10-9-17-8-7-15-13(4)6-2/h12-13,15H,5-11H2,1-4H3. The highest BCUT2D eigenvalue weighted by Gasteiger charge is 2.09. The summed E-state index contributed by atoms with van der Waals surface area (Å²) >= 11 is 0. The third-order valence-corrected chi connectivity index (χ3v) is 3.13. The van der Waals surface area contributed by atoms with Gasteiger partial charge in [-0.25, -0.2) is 0 Å². The molecule has 0 aliphatic carbocycles. The number of carbonyl (C=O) groups excluding carboxylic acids is 1. The molecule has 0 amide bonds. The Labute approximate surface area is 111 Å². The van der Waals surface area contributed by atoms with Gasteiger partial charge < -0.3 is 14.8 Å². The fourth-order valence-corrected chi connectivity index (χ4v) is 1.28. The van der Waals surface area contributed by atoms with Gasteiger partial charge in [-0.3, -0.25) is 4.79 Å². The van der Waals surface area contributed by atoms with Gasteiger partial charge in [0.2, 0.25) is 0 Å². The zero-order valence-corrected chi connectivity index (χ0v) is 12.3. The molecule has 0 heterocycles. The first-order chi connectivity index (χ1) is 8.61. The lowest BCUT2D eigenvalue weighted by molar-refractivity contribution is -0.127. The van der Waals surface area contributed by atoms with Crippen molar-refractivity contribution in [2.75, 3.05) is 33.0 Å². The number of rotatable bonds is 12. The molecular weight excluding hydrogens is 230 g/mol. The zero-order chi connectivity index (χ0) is 13.8. The quantitative estimate of drug-likeness (QED) is 0.545. The maximum absolute atomic E-state index is 11.4. The highest BCUT2D eigenvalue weighted by molar-refractivity contribution is 5.81. The van der Waals surface area contributed by atoms with Gasteiger partial charge in [-0.15, -0.1) is 0 Å². The van der Waals surface area contributed by atoms with Gasteiger partial charge in [-0.05, 0) is 19.8 Å². The summed E-state index contributed by atoms with van der Waals surface area (Å²) in [4.78, 5) is 11.4. The summed E-state index contributed by atoms with van der Waals surface area (Å²) in [6.07, 6.45) is 2.00. The van der Waals surface area contributed by atoms with Gasteiger partial charge in [0.25, 0.3) is 0 Å². The number of ketones is 1. The van der Waals surface area contributed by atoms with E-state index in [2.05, 4.69) is 19.2 Å². The van der Waals surface area contributed by atoms with Crippen LogP contribution in [0.15, 0.2) is 0 Å². The first-order valence-electron chi connectivity index (χ1n) is 7.03. The Kier molecular flexibility index (Phi) is 11.3. The molecule has 0 radical (unpaired) electrons. The minimum atomic E-state index is 0.102. The summed E-state index contributed by atoms with van der Waals surface area (Å²) in [6, 6.07) is 0.540. The summed E-state index contributed by atoms with van der Waals surface area (Å²) in [5, 5.41) is 3.34. The molecule has 18 heavy (non-hydrogen) atoms. The fraction of sp³-hybridized carbons (Fsp3) is 0.929. The van der Waals surface area contributed by atoms with Crippen LogP contribution in [0.3, 0.4) is 0 Å². The minimum absolute atomic E-state index is 0.102. The number of hydrogen-bond donors (Lipinski definition) is 1. The van der Waals surface area contributed by atoms with Gasteiger partial charge in [0.05, 0.1) is 19.8 Å². The molecule has 0 saturated heterocycles. The van der Waals surface area contributed by atoms with Crippen molar-refractivity contribution in [3.63, 3.8) is 0 Å². The lowest BCUT2D eigenvalue weighted by Gasteiger charge is -2.11. The van der Waals surface area contributed by atoms with E-state index in [-0.39, 0.29) is 18.3 Å². The predicted molar refractivity (Wildman–Crippen MR) is 73.9 cm³/mol. The van der Waals surface area contributed by atoms with E-state index < -0.39 is 0 Å². The zero-order valence-electron chi connectivity index (χ0n) is 12.3. The van der Waals surface area contributed by atoms with Gasteiger partial charge in [-0.1, -0.05) is 20.8 Å². The molecule has 0 rings (SSSR count). The van der Waals surface area contributed by atoms with Crippen molar-refractivity contribution in [3.05, 3.63) is 0 Å². The third kappa shape index (κ3) is 9.57. The number of Topliss-reactive ketones (excluding diaryl/α,β-unsaturated/α-hetero) is 1. The topological polar surface area (TPSA) is 47.6 Å². The Morgan fingerprint density at radius 3 is 2.33 bits per heavy atom. The number of ether oxygens (including phenoxy) is 2. The lowest BCUT2D eigenvalue weighted by Crippen LogP contribution is -2.29. The van der Waals surface area contributed by atoms with E-state index in [1.54, 1.807) is 0 Å². The van der Waals surface area contributed by atoms with E-state index in [1.807, 2.05) is 13.8 Å². The summed E-state index contributed by atoms with van der Waals surface area (Å²) in [5.41, 5.74) is 0. The molecule has 2 unspecified atom stereocenters. The Bertz CT molecular complexity index is 209. The highest BCUT2D eigenvalue weighted by Crippen LogP contribution is 2.01. The molecular formula is C14H29NO3. The second-order valence-electron chi connectivity index (χ2n) is 4.70. The van der Waals surface area contributed by atoms with E-state index in [1.165, 1.54) is 0 Å². The number of carbonyl (C=O) groups is 1. The SMILES string of the molecule is CCC(C)NCCOCCOCC(=O)C(C)CC. The van der Waals surface area contributed by atoms with Gasteiger partial charge in [0, 0.05) is 18.5 Å².